The first-order valence-electron chi connectivity index (χ1n) is 7.59. The van der Waals surface area contributed by atoms with Gasteiger partial charge in [0.1, 0.15) is 6.54 Å². The molecule has 0 saturated heterocycles. The largest absolute Gasteiger partial charge is 0.357 e. The summed E-state index contributed by atoms with van der Waals surface area (Å²) in [6.07, 6.45) is 2.00. The van der Waals surface area contributed by atoms with Crippen LogP contribution < -0.4 is 10.6 Å². The van der Waals surface area contributed by atoms with Gasteiger partial charge < -0.3 is 15.5 Å². The van der Waals surface area contributed by atoms with Gasteiger partial charge in [0.05, 0.1) is 0 Å². The Morgan fingerprint density at radius 2 is 2.29 bits per heavy atom. The Balaban J connectivity index is 1.88. The highest BCUT2D eigenvalue weighted by Crippen LogP contribution is 2.23. The number of hydrogen-bond donors (Lipinski definition) is 2. The average molecular weight is 308 g/mol. The van der Waals surface area contributed by atoms with Gasteiger partial charge in [-0.1, -0.05) is 6.92 Å². The topological polar surface area (TPSA) is 56.7 Å². The van der Waals surface area contributed by atoms with Gasteiger partial charge in [-0.3, -0.25) is 4.79 Å². The molecule has 2 heterocycles. The lowest BCUT2D eigenvalue weighted by Crippen LogP contribution is -2.40. The highest BCUT2D eigenvalue weighted by atomic mass is 32.1. The Bertz CT molecular complexity index is 498. The predicted octanol–water partition coefficient (Wildman–Crippen LogP) is 1.60. The van der Waals surface area contributed by atoms with Crippen molar-refractivity contribution in [3.8, 4) is 0 Å². The van der Waals surface area contributed by atoms with Gasteiger partial charge >= 0.3 is 0 Å². The third kappa shape index (κ3) is 4.46. The molecule has 2 N–H and O–H groups in total. The van der Waals surface area contributed by atoms with Crippen LogP contribution in [0.3, 0.4) is 0 Å². The van der Waals surface area contributed by atoms with Gasteiger partial charge in [0.15, 0.2) is 5.96 Å². The van der Waals surface area contributed by atoms with Crippen molar-refractivity contribution < 1.29 is 4.79 Å². The fraction of sp³-hybridized carbons (Fsp3) is 0.600. The van der Waals surface area contributed by atoms with Crippen LogP contribution >= 0.6 is 11.3 Å². The SMILES string of the molecule is CCCNC(=NCC(=O)N1CCc2sccc2C1)NCC. The van der Waals surface area contributed by atoms with E-state index in [4.69, 9.17) is 0 Å². The first kappa shape index (κ1) is 15.8. The number of aliphatic imine (C=N–C) groups is 1. The van der Waals surface area contributed by atoms with Crippen molar-refractivity contribution >= 4 is 23.2 Å². The van der Waals surface area contributed by atoms with Gasteiger partial charge in [0.25, 0.3) is 0 Å². The summed E-state index contributed by atoms with van der Waals surface area (Å²) in [5.41, 5.74) is 1.29. The number of guanidine groups is 1. The minimum Gasteiger partial charge on any atom is -0.357 e. The molecule has 21 heavy (non-hydrogen) atoms. The number of fused-ring (bicyclic) bond motifs is 1. The van der Waals surface area contributed by atoms with E-state index in [2.05, 4.69) is 34.0 Å². The molecule has 2 rings (SSSR count). The average Bonchev–Trinajstić information content (AvgIpc) is 2.97. The quantitative estimate of drug-likeness (QED) is 0.642. The van der Waals surface area contributed by atoms with Crippen molar-refractivity contribution in [2.75, 3.05) is 26.2 Å². The maximum atomic E-state index is 12.3. The molecule has 0 spiro atoms. The van der Waals surface area contributed by atoms with E-state index in [1.807, 2.05) is 11.8 Å². The summed E-state index contributed by atoms with van der Waals surface area (Å²) in [6, 6.07) is 2.12. The maximum absolute atomic E-state index is 12.3. The van der Waals surface area contributed by atoms with Crippen molar-refractivity contribution in [3.63, 3.8) is 0 Å². The fourth-order valence-electron chi connectivity index (χ4n) is 2.29. The Morgan fingerprint density at radius 3 is 3.05 bits per heavy atom. The predicted molar refractivity (Wildman–Crippen MR) is 87.7 cm³/mol. The molecular weight excluding hydrogens is 284 g/mol. The molecule has 0 saturated carbocycles. The Morgan fingerprint density at radius 1 is 1.43 bits per heavy atom. The van der Waals surface area contributed by atoms with Crippen molar-refractivity contribution in [1.82, 2.24) is 15.5 Å². The molecule has 116 valence electrons. The zero-order valence-corrected chi connectivity index (χ0v) is 13.6. The van der Waals surface area contributed by atoms with E-state index >= 15 is 0 Å². The summed E-state index contributed by atoms with van der Waals surface area (Å²) in [5.74, 6) is 0.821. The minimum atomic E-state index is 0.0977. The molecule has 1 aliphatic heterocycles. The number of rotatable bonds is 5. The molecular formula is C15H24N4OS. The zero-order valence-electron chi connectivity index (χ0n) is 12.8. The molecule has 1 aromatic heterocycles. The number of carbonyl (C=O) groups is 1. The zero-order chi connectivity index (χ0) is 15.1. The van der Waals surface area contributed by atoms with Gasteiger partial charge in [-0.25, -0.2) is 4.99 Å². The minimum absolute atomic E-state index is 0.0977. The van der Waals surface area contributed by atoms with E-state index in [0.29, 0.717) is 0 Å². The molecule has 0 aliphatic carbocycles. The molecule has 0 radical (unpaired) electrons. The molecule has 0 aromatic carbocycles. The molecule has 5 nitrogen and oxygen atoms in total. The summed E-state index contributed by atoms with van der Waals surface area (Å²) in [6.45, 7) is 7.53. The van der Waals surface area contributed by atoms with Crippen molar-refractivity contribution in [1.29, 1.82) is 0 Å². The van der Waals surface area contributed by atoms with Crippen LogP contribution in [0.15, 0.2) is 16.4 Å². The Labute approximate surface area is 130 Å². The second kappa shape index (κ2) is 8.02. The number of thiophene rings is 1. The monoisotopic (exact) mass is 308 g/mol. The first-order chi connectivity index (χ1) is 10.2. The fourth-order valence-corrected chi connectivity index (χ4v) is 3.18. The van der Waals surface area contributed by atoms with Crippen LogP contribution in [0.5, 0.6) is 0 Å². The summed E-state index contributed by atoms with van der Waals surface area (Å²) in [7, 11) is 0. The van der Waals surface area contributed by atoms with E-state index < -0.39 is 0 Å². The molecule has 0 unspecified atom stereocenters. The third-order valence-electron chi connectivity index (χ3n) is 3.42. The molecule has 6 heteroatoms. The lowest BCUT2D eigenvalue weighted by molar-refractivity contribution is -0.130. The lowest BCUT2D eigenvalue weighted by Gasteiger charge is -2.26. The van der Waals surface area contributed by atoms with Crippen LogP contribution in [-0.4, -0.2) is 42.9 Å². The van der Waals surface area contributed by atoms with Crippen molar-refractivity contribution in [3.05, 3.63) is 21.9 Å². The van der Waals surface area contributed by atoms with E-state index in [9.17, 15) is 4.79 Å². The molecule has 0 atom stereocenters. The van der Waals surface area contributed by atoms with E-state index in [1.54, 1.807) is 11.3 Å². The molecule has 0 fully saturated rings. The second-order valence-electron chi connectivity index (χ2n) is 5.06. The maximum Gasteiger partial charge on any atom is 0.244 e. The van der Waals surface area contributed by atoms with Crippen molar-refractivity contribution in [2.45, 2.75) is 33.2 Å². The normalized spacial score (nSPS) is 14.8. The summed E-state index contributed by atoms with van der Waals surface area (Å²) in [4.78, 5) is 20.0. The Kier molecular flexibility index (Phi) is 6.04. The van der Waals surface area contributed by atoms with Crippen LogP contribution in [-0.2, 0) is 17.8 Å². The second-order valence-corrected chi connectivity index (χ2v) is 6.06. The van der Waals surface area contributed by atoms with E-state index in [1.165, 1.54) is 10.4 Å². The van der Waals surface area contributed by atoms with Crippen molar-refractivity contribution in [2.24, 2.45) is 4.99 Å². The Hall–Kier alpha value is -1.56. The molecule has 1 aromatic rings. The number of hydrogen-bond acceptors (Lipinski definition) is 3. The summed E-state index contributed by atoms with van der Waals surface area (Å²) >= 11 is 1.79. The van der Waals surface area contributed by atoms with Gasteiger partial charge in [-0.2, -0.15) is 0 Å². The third-order valence-corrected chi connectivity index (χ3v) is 4.44. The number of nitrogens with one attached hydrogen (secondary N) is 2. The van der Waals surface area contributed by atoms with E-state index in [0.717, 1.165) is 45.0 Å². The van der Waals surface area contributed by atoms with Gasteiger partial charge in [-0.05, 0) is 36.8 Å². The molecule has 0 bridgehead atoms. The smallest absolute Gasteiger partial charge is 0.244 e. The van der Waals surface area contributed by atoms with Crippen LogP contribution in [0.2, 0.25) is 0 Å². The van der Waals surface area contributed by atoms with E-state index in [-0.39, 0.29) is 12.5 Å². The van der Waals surface area contributed by atoms with Crippen LogP contribution in [0.1, 0.15) is 30.7 Å². The number of amides is 1. The van der Waals surface area contributed by atoms with Gasteiger partial charge in [0, 0.05) is 31.1 Å². The lowest BCUT2D eigenvalue weighted by atomic mass is 10.1. The van der Waals surface area contributed by atoms with Crippen LogP contribution in [0.25, 0.3) is 0 Å². The van der Waals surface area contributed by atoms with Gasteiger partial charge in [0.2, 0.25) is 5.91 Å². The number of nitrogens with zero attached hydrogens (tertiary/aromatic N) is 2. The highest BCUT2D eigenvalue weighted by molar-refractivity contribution is 7.10. The highest BCUT2D eigenvalue weighted by Gasteiger charge is 2.21. The summed E-state index contributed by atoms with van der Waals surface area (Å²) < 4.78 is 0. The summed E-state index contributed by atoms with van der Waals surface area (Å²) in [5, 5.41) is 8.47. The number of carbonyl (C=O) groups excluding carboxylic acids is 1. The van der Waals surface area contributed by atoms with Gasteiger partial charge in [-0.15, -0.1) is 11.3 Å². The molecule has 1 amide bonds. The van der Waals surface area contributed by atoms with Crippen LogP contribution in [0.4, 0.5) is 0 Å². The standard InChI is InChI=1S/C15H24N4OS/c1-3-7-17-15(16-4-2)18-10-14(20)19-8-5-13-12(11-19)6-9-21-13/h6,9H,3-5,7-8,10-11H2,1-2H3,(H2,16,17,18). The molecule has 1 aliphatic rings. The van der Waals surface area contributed by atoms with Crippen LogP contribution in [0, 0.1) is 0 Å². The first-order valence-corrected chi connectivity index (χ1v) is 8.47.